The average Bonchev–Trinajstić information content (AvgIpc) is 2.35. The van der Waals surface area contributed by atoms with E-state index in [9.17, 15) is 5.11 Å². The Kier molecular flexibility index (Phi) is 4.51. The van der Waals surface area contributed by atoms with E-state index >= 15 is 0 Å². The van der Waals surface area contributed by atoms with Crippen LogP contribution in [0.2, 0.25) is 0 Å². The van der Waals surface area contributed by atoms with E-state index in [4.69, 9.17) is 4.74 Å². The van der Waals surface area contributed by atoms with Crippen molar-refractivity contribution in [2.24, 2.45) is 11.8 Å². The topological polar surface area (TPSA) is 29.5 Å². The van der Waals surface area contributed by atoms with Crippen molar-refractivity contribution in [2.45, 2.75) is 51.6 Å². The molecule has 0 heterocycles. The van der Waals surface area contributed by atoms with Crippen molar-refractivity contribution in [1.82, 2.24) is 0 Å². The molecule has 1 N–H and O–H groups in total. The molecule has 1 aliphatic rings. The summed E-state index contributed by atoms with van der Waals surface area (Å²) < 4.78 is 5.16. The van der Waals surface area contributed by atoms with E-state index in [-0.39, 0.29) is 0 Å². The van der Waals surface area contributed by atoms with Gasteiger partial charge < -0.3 is 9.84 Å². The Labute approximate surface area is 116 Å². The van der Waals surface area contributed by atoms with Crippen LogP contribution in [-0.4, -0.2) is 17.8 Å². The van der Waals surface area contributed by atoms with Crippen molar-refractivity contribution in [3.63, 3.8) is 0 Å². The maximum Gasteiger partial charge on any atom is 0.118 e. The lowest BCUT2D eigenvalue weighted by molar-refractivity contribution is -0.0372. The standard InChI is InChI=1S/C17H26O2/c1-13-10-14(2)12-17(18,11-13)9-8-15-4-6-16(19-3)7-5-15/h4-7,13-14,18H,8-12H2,1-3H3. The average molecular weight is 262 g/mol. The molecule has 0 bridgehead atoms. The Balaban J connectivity index is 1.93. The summed E-state index contributed by atoms with van der Waals surface area (Å²) in [6.07, 6.45) is 4.97. The summed E-state index contributed by atoms with van der Waals surface area (Å²) in [5.74, 6) is 2.18. The third-order valence-electron chi connectivity index (χ3n) is 4.30. The van der Waals surface area contributed by atoms with Gasteiger partial charge in [-0.05, 0) is 61.6 Å². The first-order valence-corrected chi connectivity index (χ1v) is 7.36. The molecule has 2 unspecified atom stereocenters. The summed E-state index contributed by atoms with van der Waals surface area (Å²) in [6, 6.07) is 8.17. The fourth-order valence-electron chi connectivity index (χ4n) is 3.61. The molecule has 0 saturated heterocycles. The molecular formula is C17H26O2. The van der Waals surface area contributed by atoms with Gasteiger partial charge in [0, 0.05) is 0 Å². The fraction of sp³-hybridized carbons (Fsp3) is 0.647. The maximum absolute atomic E-state index is 10.7. The highest BCUT2D eigenvalue weighted by Gasteiger charge is 2.35. The van der Waals surface area contributed by atoms with Crippen molar-refractivity contribution < 1.29 is 9.84 Å². The Morgan fingerprint density at radius 3 is 2.26 bits per heavy atom. The van der Waals surface area contributed by atoms with Crippen molar-refractivity contribution in [3.8, 4) is 5.75 Å². The van der Waals surface area contributed by atoms with E-state index in [1.54, 1.807) is 7.11 Å². The molecule has 0 aliphatic heterocycles. The number of hydrogen-bond donors (Lipinski definition) is 1. The molecule has 0 radical (unpaired) electrons. The zero-order chi connectivity index (χ0) is 13.9. The highest BCUT2D eigenvalue weighted by Crippen LogP contribution is 2.38. The lowest BCUT2D eigenvalue weighted by Gasteiger charge is -2.39. The zero-order valence-corrected chi connectivity index (χ0v) is 12.4. The lowest BCUT2D eigenvalue weighted by atomic mass is 9.71. The maximum atomic E-state index is 10.7. The number of aryl methyl sites for hydroxylation is 1. The van der Waals surface area contributed by atoms with Crippen LogP contribution in [0.4, 0.5) is 0 Å². The number of rotatable bonds is 4. The third-order valence-corrected chi connectivity index (χ3v) is 4.30. The summed E-state index contributed by atoms with van der Waals surface area (Å²) in [7, 11) is 1.68. The minimum Gasteiger partial charge on any atom is -0.497 e. The first kappa shape index (κ1) is 14.4. The van der Waals surface area contributed by atoms with Crippen molar-refractivity contribution in [3.05, 3.63) is 29.8 Å². The van der Waals surface area contributed by atoms with E-state index in [1.807, 2.05) is 12.1 Å². The molecule has 0 spiro atoms. The van der Waals surface area contributed by atoms with Gasteiger partial charge >= 0.3 is 0 Å². The second-order valence-corrected chi connectivity index (χ2v) is 6.43. The van der Waals surface area contributed by atoms with Crippen LogP contribution in [0.25, 0.3) is 0 Å². The SMILES string of the molecule is COc1ccc(CCC2(O)CC(C)CC(C)C2)cc1. The first-order chi connectivity index (χ1) is 9.00. The van der Waals surface area contributed by atoms with Crippen LogP contribution in [0, 0.1) is 11.8 Å². The Bertz CT molecular complexity index is 386. The molecule has 1 fully saturated rings. The van der Waals surface area contributed by atoms with E-state index < -0.39 is 5.60 Å². The van der Waals surface area contributed by atoms with E-state index in [2.05, 4.69) is 26.0 Å². The van der Waals surface area contributed by atoms with E-state index in [0.717, 1.165) is 31.4 Å². The molecule has 2 atom stereocenters. The van der Waals surface area contributed by atoms with Crippen LogP contribution >= 0.6 is 0 Å². The second-order valence-electron chi connectivity index (χ2n) is 6.43. The number of aliphatic hydroxyl groups is 1. The van der Waals surface area contributed by atoms with Gasteiger partial charge in [-0.25, -0.2) is 0 Å². The van der Waals surface area contributed by atoms with Gasteiger partial charge in [0.1, 0.15) is 5.75 Å². The van der Waals surface area contributed by atoms with Gasteiger partial charge in [-0.1, -0.05) is 26.0 Å². The van der Waals surface area contributed by atoms with Crippen molar-refractivity contribution in [2.75, 3.05) is 7.11 Å². The summed E-state index contributed by atoms with van der Waals surface area (Å²) in [5.41, 5.74) is 0.817. The molecule has 2 heteroatoms. The molecule has 106 valence electrons. The minimum absolute atomic E-state index is 0.461. The molecule has 1 aliphatic carbocycles. The molecule has 19 heavy (non-hydrogen) atoms. The summed E-state index contributed by atoms with van der Waals surface area (Å²) in [6.45, 7) is 4.52. The van der Waals surface area contributed by atoms with Crippen LogP contribution in [0.1, 0.15) is 45.1 Å². The summed E-state index contributed by atoms with van der Waals surface area (Å²) >= 11 is 0. The number of methoxy groups -OCH3 is 1. The van der Waals surface area contributed by atoms with Crippen LogP contribution in [0.3, 0.4) is 0 Å². The Hall–Kier alpha value is -1.02. The number of hydrogen-bond acceptors (Lipinski definition) is 2. The van der Waals surface area contributed by atoms with Gasteiger partial charge in [-0.3, -0.25) is 0 Å². The van der Waals surface area contributed by atoms with Crippen LogP contribution in [0.5, 0.6) is 5.75 Å². The molecule has 0 aromatic heterocycles. The van der Waals surface area contributed by atoms with Crippen molar-refractivity contribution in [1.29, 1.82) is 0 Å². The van der Waals surface area contributed by atoms with Gasteiger partial charge in [-0.2, -0.15) is 0 Å². The van der Waals surface area contributed by atoms with Crippen LogP contribution in [0.15, 0.2) is 24.3 Å². The lowest BCUT2D eigenvalue weighted by Crippen LogP contribution is -2.38. The van der Waals surface area contributed by atoms with Gasteiger partial charge in [0.2, 0.25) is 0 Å². The first-order valence-electron chi connectivity index (χ1n) is 7.36. The largest absolute Gasteiger partial charge is 0.497 e. The smallest absolute Gasteiger partial charge is 0.118 e. The third kappa shape index (κ3) is 3.97. The monoisotopic (exact) mass is 262 g/mol. The summed E-state index contributed by atoms with van der Waals surface area (Å²) in [4.78, 5) is 0. The van der Waals surface area contributed by atoms with Crippen LogP contribution < -0.4 is 4.74 Å². The molecule has 2 rings (SSSR count). The van der Waals surface area contributed by atoms with E-state index in [0.29, 0.717) is 11.8 Å². The molecule has 0 amide bonds. The minimum atomic E-state index is -0.461. The second kappa shape index (κ2) is 5.96. The highest BCUT2D eigenvalue weighted by molar-refractivity contribution is 5.27. The Morgan fingerprint density at radius 1 is 1.16 bits per heavy atom. The highest BCUT2D eigenvalue weighted by atomic mass is 16.5. The summed E-state index contributed by atoms with van der Waals surface area (Å²) in [5, 5.41) is 10.7. The van der Waals surface area contributed by atoms with Gasteiger partial charge in [-0.15, -0.1) is 0 Å². The Morgan fingerprint density at radius 2 is 1.74 bits per heavy atom. The van der Waals surface area contributed by atoms with Crippen LogP contribution in [-0.2, 0) is 6.42 Å². The normalized spacial score (nSPS) is 31.2. The molecular weight excluding hydrogens is 236 g/mol. The quantitative estimate of drug-likeness (QED) is 0.894. The van der Waals surface area contributed by atoms with Gasteiger partial charge in [0.15, 0.2) is 0 Å². The predicted molar refractivity (Wildman–Crippen MR) is 78.4 cm³/mol. The molecule has 1 aromatic carbocycles. The number of ether oxygens (including phenoxy) is 1. The molecule has 2 nitrogen and oxygen atoms in total. The number of benzene rings is 1. The molecule has 1 saturated carbocycles. The van der Waals surface area contributed by atoms with E-state index in [1.165, 1.54) is 12.0 Å². The fourth-order valence-corrected chi connectivity index (χ4v) is 3.61. The van der Waals surface area contributed by atoms with Gasteiger partial charge in [0.25, 0.3) is 0 Å². The van der Waals surface area contributed by atoms with Gasteiger partial charge in [0.05, 0.1) is 12.7 Å². The van der Waals surface area contributed by atoms with Crippen molar-refractivity contribution >= 4 is 0 Å². The zero-order valence-electron chi connectivity index (χ0n) is 12.4. The molecule has 1 aromatic rings. The predicted octanol–water partition coefficient (Wildman–Crippen LogP) is 3.82.